The molecule has 0 bridgehead atoms. The lowest BCUT2D eigenvalue weighted by molar-refractivity contribution is -0.00000195. The van der Waals surface area contributed by atoms with Crippen molar-refractivity contribution in [2.24, 2.45) is 0 Å². The van der Waals surface area contributed by atoms with E-state index in [0.29, 0.717) is 0 Å². The van der Waals surface area contributed by atoms with E-state index in [-0.39, 0.29) is 12.4 Å². The molecule has 10 heavy (non-hydrogen) atoms. The lowest BCUT2D eigenvalue weighted by atomic mass is 10.4. The molecular weight excluding hydrogens is 164 g/mol. The van der Waals surface area contributed by atoms with Gasteiger partial charge in [-0.05, 0) is 36.7 Å². The maximum absolute atomic E-state index is 2.31. The van der Waals surface area contributed by atoms with Crippen LogP contribution in [0.4, 0.5) is 0 Å². The van der Waals surface area contributed by atoms with E-state index in [0.717, 1.165) is 10.9 Å². The Morgan fingerprint density at radius 2 is 1.90 bits per heavy atom. The predicted octanol–water partition coefficient (Wildman–Crippen LogP) is -1.02. The summed E-state index contributed by atoms with van der Waals surface area (Å²) < 4.78 is 0. The maximum atomic E-state index is 2.31. The van der Waals surface area contributed by atoms with Gasteiger partial charge in [0, 0.05) is 0 Å². The number of hydrogen-bond donors (Lipinski definition) is 0. The van der Waals surface area contributed by atoms with Crippen LogP contribution in [0.3, 0.4) is 0 Å². The summed E-state index contributed by atoms with van der Waals surface area (Å²) in [6, 6.07) is 0. The fourth-order valence-corrected chi connectivity index (χ4v) is 3.34. The molecule has 0 nitrogen and oxygen atoms in total. The van der Waals surface area contributed by atoms with Crippen molar-refractivity contribution in [1.82, 2.24) is 0 Å². The van der Waals surface area contributed by atoms with Gasteiger partial charge in [-0.1, -0.05) is 6.08 Å². The third-order valence-electron chi connectivity index (χ3n) is 1.68. The Morgan fingerprint density at radius 3 is 2.40 bits per heavy atom. The van der Waals surface area contributed by atoms with E-state index >= 15 is 0 Å². The van der Waals surface area contributed by atoms with Crippen LogP contribution in [0, 0.1) is 0 Å². The number of allylic oxidation sites excluding steroid dienone is 1. The second-order valence-corrected chi connectivity index (χ2v) is 4.84. The van der Waals surface area contributed by atoms with Crippen LogP contribution < -0.4 is 12.4 Å². The van der Waals surface area contributed by atoms with E-state index in [1.807, 2.05) is 0 Å². The summed E-state index contributed by atoms with van der Waals surface area (Å²) in [4.78, 5) is 0. The Bertz CT molecular complexity index is 95.4. The molecular formula is C8H15ClS. The summed E-state index contributed by atoms with van der Waals surface area (Å²) in [5.74, 6) is 4.37. The van der Waals surface area contributed by atoms with E-state index in [9.17, 15) is 0 Å². The molecule has 0 aliphatic carbocycles. The molecule has 0 N–H and O–H groups in total. The second kappa shape index (κ2) is 6.11. The summed E-state index contributed by atoms with van der Waals surface area (Å²) in [6.07, 6.45) is 7.46. The van der Waals surface area contributed by atoms with Gasteiger partial charge in [0.15, 0.2) is 0 Å². The van der Waals surface area contributed by atoms with Crippen molar-refractivity contribution >= 4 is 10.9 Å². The molecule has 0 unspecified atom stereocenters. The Balaban J connectivity index is 0.000000810. The van der Waals surface area contributed by atoms with Crippen LogP contribution in [0.25, 0.3) is 0 Å². The Morgan fingerprint density at radius 1 is 1.30 bits per heavy atom. The number of hydrogen-bond acceptors (Lipinski definition) is 0. The van der Waals surface area contributed by atoms with E-state index < -0.39 is 0 Å². The van der Waals surface area contributed by atoms with Gasteiger partial charge in [-0.2, -0.15) is 0 Å². The lowest BCUT2D eigenvalue weighted by Crippen LogP contribution is -3.00. The first-order chi connectivity index (χ1) is 4.43. The zero-order chi connectivity index (χ0) is 6.53. The highest BCUT2D eigenvalue weighted by Gasteiger charge is 2.21. The fraction of sp³-hybridized carbons (Fsp3) is 0.750. The van der Waals surface area contributed by atoms with E-state index in [2.05, 4.69) is 19.1 Å². The normalized spacial score (nSPS) is 19.7. The Kier molecular flexibility index (Phi) is 6.35. The minimum Gasteiger partial charge on any atom is -1.00 e. The summed E-state index contributed by atoms with van der Waals surface area (Å²) >= 11 is 0. The molecule has 0 atom stereocenters. The van der Waals surface area contributed by atoms with Gasteiger partial charge in [-0.3, -0.25) is 0 Å². The third kappa shape index (κ3) is 3.52. The molecule has 1 saturated heterocycles. The van der Waals surface area contributed by atoms with Crippen molar-refractivity contribution in [2.45, 2.75) is 19.8 Å². The first-order valence-corrected chi connectivity index (χ1v) is 5.42. The van der Waals surface area contributed by atoms with Crippen molar-refractivity contribution in [3.63, 3.8) is 0 Å². The smallest absolute Gasteiger partial charge is 0.126 e. The van der Waals surface area contributed by atoms with Gasteiger partial charge in [0.1, 0.15) is 17.3 Å². The van der Waals surface area contributed by atoms with Gasteiger partial charge in [-0.25, -0.2) is 0 Å². The molecule has 1 aliphatic heterocycles. The largest absolute Gasteiger partial charge is 1.00 e. The zero-order valence-corrected chi connectivity index (χ0v) is 8.05. The van der Waals surface area contributed by atoms with Crippen LogP contribution in [0.2, 0.25) is 0 Å². The van der Waals surface area contributed by atoms with Crippen LogP contribution in [0.1, 0.15) is 19.8 Å². The first kappa shape index (κ1) is 10.4. The van der Waals surface area contributed by atoms with Gasteiger partial charge in [0.05, 0.1) is 0 Å². The van der Waals surface area contributed by atoms with Crippen LogP contribution in [0.5, 0.6) is 0 Å². The quantitative estimate of drug-likeness (QED) is 0.375. The topological polar surface area (TPSA) is 0 Å². The predicted molar refractivity (Wildman–Crippen MR) is 46.0 cm³/mol. The van der Waals surface area contributed by atoms with Gasteiger partial charge < -0.3 is 12.4 Å². The van der Waals surface area contributed by atoms with Gasteiger partial charge in [0.25, 0.3) is 0 Å². The molecule has 0 aromatic rings. The molecule has 2 heteroatoms. The van der Waals surface area contributed by atoms with Gasteiger partial charge >= 0.3 is 0 Å². The van der Waals surface area contributed by atoms with Crippen LogP contribution in [0.15, 0.2) is 12.2 Å². The Labute approximate surface area is 72.8 Å². The third-order valence-corrected chi connectivity index (χ3v) is 4.08. The fourth-order valence-electron chi connectivity index (χ4n) is 1.11. The minimum atomic E-state index is 0. The van der Waals surface area contributed by atoms with E-state index in [1.165, 1.54) is 30.1 Å². The number of halogens is 1. The van der Waals surface area contributed by atoms with Gasteiger partial charge in [0.2, 0.25) is 0 Å². The first-order valence-electron chi connectivity index (χ1n) is 3.68. The molecule has 0 saturated carbocycles. The molecule has 0 amide bonds. The molecule has 1 aliphatic rings. The van der Waals surface area contributed by atoms with Crippen molar-refractivity contribution in [2.75, 3.05) is 17.3 Å². The average Bonchev–Trinajstić information content (AvgIpc) is 2.34. The summed E-state index contributed by atoms with van der Waals surface area (Å²) in [5.41, 5.74) is 0. The molecule has 0 radical (unpaired) electrons. The number of rotatable bonds is 2. The zero-order valence-electron chi connectivity index (χ0n) is 6.48. The van der Waals surface area contributed by atoms with Crippen LogP contribution >= 0.6 is 0 Å². The highest BCUT2D eigenvalue weighted by Crippen LogP contribution is 2.12. The van der Waals surface area contributed by atoms with Crippen molar-refractivity contribution in [3.8, 4) is 0 Å². The SMILES string of the molecule is C/C=C\C[S+]1CCCC1.[Cl-]. The highest BCUT2D eigenvalue weighted by molar-refractivity contribution is 7.97. The molecule has 1 rings (SSSR count). The van der Waals surface area contributed by atoms with Crippen LogP contribution in [-0.4, -0.2) is 17.3 Å². The standard InChI is InChI=1S/C8H15S.ClH/c1-2-3-6-9-7-4-5-8-9;/h2-3H,4-8H2,1H3;1H/q+1;/p-1/b3-2-;. The van der Waals surface area contributed by atoms with Crippen LogP contribution in [-0.2, 0) is 10.9 Å². The molecule has 60 valence electrons. The second-order valence-electron chi connectivity index (χ2n) is 2.46. The summed E-state index contributed by atoms with van der Waals surface area (Å²) in [7, 11) is 0.786. The average molecular weight is 179 g/mol. The highest BCUT2D eigenvalue weighted by atomic mass is 35.5. The molecule has 0 aromatic carbocycles. The van der Waals surface area contributed by atoms with Gasteiger partial charge in [-0.15, -0.1) is 0 Å². The molecule has 0 spiro atoms. The molecule has 0 aromatic heterocycles. The molecule has 1 fully saturated rings. The minimum absolute atomic E-state index is 0. The van der Waals surface area contributed by atoms with Crippen molar-refractivity contribution in [3.05, 3.63) is 12.2 Å². The van der Waals surface area contributed by atoms with E-state index in [1.54, 1.807) is 0 Å². The lowest BCUT2D eigenvalue weighted by Gasteiger charge is -1.92. The van der Waals surface area contributed by atoms with E-state index in [4.69, 9.17) is 0 Å². The summed E-state index contributed by atoms with van der Waals surface area (Å²) in [6.45, 7) is 2.11. The maximum Gasteiger partial charge on any atom is 0.126 e. The molecule has 1 heterocycles. The summed E-state index contributed by atoms with van der Waals surface area (Å²) in [5, 5.41) is 0. The van der Waals surface area contributed by atoms with Crippen molar-refractivity contribution < 1.29 is 12.4 Å². The monoisotopic (exact) mass is 178 g/mol. The van der Waals surface area contributed by atoms with Crippen molar-refractivity contribution in [1.29, 1.82) is 0 Å². The Hall–Kier alpha value is 0.380.